The van der Waals surface area contributed by atoms with Gasteiger partial charge in [-0.2, -0.15) is 0 Å². The SMILES string of the molecule is Cc1cc(-c2ccc3oc([C@H]4CCCN4C(=O)Nc4ccc(F)cc4F)nc3c2)ccc1F. The normalized spacial score (nSPS) is 15.9. The molecule has 0 saturated carbocycles. The Balaban J connectivity index is 1.40. The van der Waals surface area contributed by atoms with Crippen molar-refractivity contribution >= 4 is 22.8 Å². The van der Waals surface area contributed by atoms with E-state index in [4.69, 9.17) is 4.42 Å². The third kappa shape index (κ3) is 4.04. The lowest BCUT2D eigenvalue weighted by Gasteiger charge is -2.22. The van der Waals surface area contributed by atoms with Crippen molar-refractivity contribution in [2.24, 2.45) is 0 Å². The van der Waals surface area contributed by atoms with Gasteiger partial charge < -0.3 is 14.6 Å². The summed E-state index contributed by atoms with van der Waals surface area (Å²) in [5, 5.41) is 2.50. The highest BCUT2D eigenvalue weighted by atomic mass is 19.1. The van der Waals surface area contributed by atoms with Crippen LogP contribution in [0, 0.1) is 24.4 Å². The van der Waals surface area contributed by atoms with Crippen molar-refractivity contribution in [2.45, 2.75) is 25.8 Å². The van der Waals surface area contributed by atoms with Gasteiger partial charge in [0.2, 0.25) is 5.89 Å². The number of anilines is 1. The van der Waals surface area contributed by atoms with Crippen molar-refractivity contribution in [3.63, 3.8) is 0 Å². The number of carbonyl (C=O) groups is 1. The van der Waals surface area contributed by atoms with Crippen LogP contribution in [0.3, 0.4) is 0 Å². The van der Waals surface area contributed by atoms with Gasteiger partial charge in [-0.15, -0.1) is 0 Å². The molecule has 2 amide bonds. The lowest BCUT2D eigenvalue weighted by atomic mass is 10.0. The minimum absolute atomic E-state index is 0.0937. The van der Waals surface area contributed by atoms with E-state index in [1.165, 1.54) is 17.0 Å². The molecule has 1 aliphatic rings. The summed E-state index contributed by atoms with van der Waals surface area (Å²) in [7, 11) is 0. The molecule has 1 saturated heterocycles. The lowest BCUT2D eigenvalue weighted by molar-refractivity contribution is 0.198. The van der Waals surface area contributed by atoms with Gasteiger partial charge in [0.05, 0.1) is 5.69 Å². The average Bonchev–Trinajstić information content (AvgIpc) is 3.44. The summed E-state index contributed by atoms with van der Waals surface area (Å²) in [6.07, 6.45) is 1.39. The number of nitrogens with zero attached hydrogens (tertiary/aromatic N) is 2. The van der Waals surface area contributed by atoms with Gasteiger partial charge in [-0.05, 0) is 72.9 Å². The second-order valence-electron chi connectivity index (χ2n) is 8.10. The molecule has 1 N–H and O–H groups in total. The highest BCUT2D eigenvalue weighted by molar-refractivity contribution is 5.90. The molecule has 5 nitrogen and oxygen atoms in total. The van der Waals surface area contributed by atoms with Crippen molar-refractivity contribution in [3.8, 4) is 11.1 Å². The molecule has 1 aromatic heterocycles. The Kier molecular flexibility index (Phi) is 5.28. The fourth-order valence-electron chi connectivity index (χ4n) is 4.14. The van der Waals surface area contributed by atoms with Gasteiger partial charge in [-0.25, -0.2) is 22.9 Å². The molecule has 4 aromatic rings. The topological polar surface area (TPSA) is 58.4 Å². The quantitative estimate of drug-likeness (QED) is 0.382. The highest BCUT2D eigenvalue weighted by Gasteiger charge is 2.34. The van der Waals surface area contributed by atoms with Gasteiger partial charge in [0.15, 0.2) is 5.58 Å². The van der Waals surface area contributed by atoms with E-state index in [-0.39, 0.29) is 11.5 Å². The zero-order valence-corrected chi connectivity index (χ0v) is 17.7. The van der Waals surface area contributed by atoms with Gasteiger partial charge in [-0.3, -0.25) is 0 Å². The fourth-order valence-corrected chi connectivity index (χ4v) is 4.14. The van der Waals surface area contributed by atoms with Crippen LogP contribution in [0.15, 0.2) is 59.0 Å². The molecule has 1 fully saturated rings. The standard InChI is InChI=1S/C25H20F3N3O2/c1-14-11-15(4-7-18(14)27)16-5-9-23-21(12-16)29-24(33-23)22-3-2-10-31(22)25(32)30-20-8-6-17(26)13-19(20)28/h4-9,11-13,22H,2-3,10H2,1H3,(H,30,32)/t22-/m1/s1. The van der Waals surface area contributed by atoms with E-state index in [9.17, 15) is 18.0 Å². The van der Waals surface area contributed by atoms with Crippen LogP contribution in [-0.4, -0.2) is 22.5 Å². The van der Waals surface area contributed by atoms with Gasteiger partial charge in [-0.1, -0.05) is 12.1 Å². The van der Waals surface area contributed by atoms with Crippen molar-refractivity contribution in [1.82, 2.24) is 9.88 Å². The van der Waals surface area contributed by atoms with E-state index in [0.717, 1.165) is 29.7 Å². The molecule has 0 spiro atoms. The molecule has 0 unspecified atom stereocenters. The maximum atomic E-state index is 14.0. The third-order valence-corrected chi connectivity index (χ3v) is 5.87. The predicted octanol–water partition coefficient (Wildman–Crippen LogP) is 6.59. The zero-order valence-electron chi connectivity index (χ0n) is 17.7. The predicted molar refractivity (Wildman–Crippen MR) is 118 cm³/mol. The average molecular weight is 451 g/mol. The number of urea groups is 1. The third-order valence-electron chi connectivity index (χ3n) is 5.87. The van der Waals surface area contributed by atoms with Crippen molar-refractivity contribution in [3.05, 3.63) is 83.5 Å². The highest BCUT2D eigenvalue weighted by Crippen LogP contribution is 2.35. The summed E-state index contributed by atoms with van der Waals surface area (Å²) in [5.74, 6) is -1.43. The van der Waals surface area contributed by atoms with Crippen LogP contribution >= 0.6 is 0 Å². The molecule has 5 rings (SSSR count). The van der Waals surface area contributed by atoms with E-state index < -0.39 is 23.7 Å². The maximum Gasteiger partial charge on any atom is 0.322 e. The molecule has 1 atom stereocenters. The first-order valence-corrected chi connectivity index (χ1v) is 10.6. The number of aromatic nitrogens is 1. The van der Waals surface area contributed by atoms with Crippen molar-refractivity contribution < 1.29 is 22.4 Å². The van der Waals surface area contributed by atoms with Crippen LogP contribution in [0.2, 0.25) is 0 Å². The second-order valence-corrected chi connectivity index (χ2v) is 8.10. The number of nitrogens with one attached hydrogen (secondary N) is 1. The van der Waals surface area contributed by atoms with E-state index in [2.05, 4.69) is 10.3 Å². The van der Waals surface area contributed by atoms with Gasteiger partial charge in [0.1, 0.15) is 29.0 Å². The first kappa shape index (κ1) is 21.1. The first-order chi connectivity index (χ1) is 15.9. The number of fused-ring (bicyclic) bond motifs is 1. The Bertz CT molecular complexity index is 1370. The second kappa shape index (κ2) is 8.27. The van der Waals surface area contributed by atoms with Crippen molar-refractivity contribution in [2.75, 3.05) is 11.9 Å². The molecule has 0 bridgehead atoms. The number of hydrogen-bond donors (Lipinski definition) is 1. The minimum atomic E-state index is -0.843. The molecule has 0 aliphatic carbocycles. The molecule has 0 radical (unpaired) electrons. The van der Waals surface area contributed by atoms with E-state index in [0.29, 0.717) is 35.5 Å². The summed E-state index contributed by atoms with van der Waals surface area (Å²) in [6.45, 7) is 2.17. The number of amides is 2. The number of aryl methyl sites for hydroxylation is 1. The number of carbonyl (C=O) groups excluding carboxylic acids is 1. The maximum absolute atomic E-state index is 14.0. The number of hydrogen-bond acceptors (Lipinski definition) is 3. The molecular weight excluding hydrogens is 431 g/mol. The Labute approximate surface area is 187 Å². The number of halogens is 3. The summed E-state index contributed by atoms with van der Waals surface area (Å²) < 4.78 is 46.7. The molecule has 8 heteroatoms. The Morgan fingerprint density at radius 2 is 1.82 bits per heavy atom. The molecule has 3 aromatic carbocycles. The number of oxazole rings is 1. The summed E-state index contributed by atoms with van der Waals surface area (Å²) >= 11 is 0. The summed E-state index contributed by atoms with van der Waals surface area (Å²) in [5.41, 5.74) is 3.40. The Hall–Kier alpha value is -3.81. The van der Waals surface area contributed by atoms with Crippen LogP contribution in [0.5, 0.6) is 0 Å². The molecule has 168 valence electrons. The Morgan fingerprint density at radius 1 is 1.03 bits per heavy atom. The summed E-state index contributed by atoms with van der Waals surface area (Å²) in [4.78, 5) is 18.9. The van der Waals surface area contributed by atoms with Crippen LogP contribution in [0.25, 0.3) is 22.2 Å². The van der Waals surface area contributed by atoms with E-state index >= 15 is 0 Å². The van der Waals surface area contributed by atoms with Gasteiger partial charge >= 0.3 is 6.03 Å². The lowest BCUT2D eigenvalue weighted by Crippen LogP contribution is -2.34. The van der Waals surface area contributed by atoms with E-state index in [1.54, 1.807) is 25.1 Å². The number of likely N-dealkylation sites (tertiary alicyclic amines) is 1. The molecule has 2 heterocycles. The first-order valence-electron chi connectivity index (χ1n) is 10.6. The van der Waals surface area contributed by atoms with Crippen LogP contribution in [0.4, 0.5) is 23.7 Å². The monoisotopic (exact) mass is 451 g/mol. The molecular formula is C25H20F3N3O2. The van der Waals surface area contributed by atoms with Gasteiger partial charge in [0.25, 0.3) is 0 Å². The fraction of sp³-hybridized carbons (Fsp3) is 0.200. The molecule has 33 heavy (non-hydrogen) atoms. The number of rotatable bonds is 3. The van der Waals surface area contributed by atoms with E-state index in [1.807, 2.05) is 12.1 Å². The molecule has 1 aliphatic heterocycles. The smallest absolute Gasteiger partial charge is 0.322 e. The Morgan fingerprint density at radius 3 is 2.61 bits per heavy atom. The van der Waals surface area contributed by atoms with Crippen LogP contribution < -0.4 is 5.32 Å². The largest absolute Gasteiger partial charge is 0.438 e. The van der Waals surface area contributed by atoms with Crippen LogP contribution in [-0.2, 0) is 0 Å². The number of benzene rings is 3. The summed E-state index contributed by atoms with van der Waals surface area (Å²) in [6, 6.07) is 12.5. The van der Waals surface area contributed by atoms with Crippen LogP contribution in [0.1, 0.15) is 30.3 Å². The zero-order chi connectivity index (χ0) is 23.1. The van der Waals surface area contributed by atoms with Gasteiger partial charge in [0, 0.05) is 12.6 Å². The van der Waals surface area contributed by atoms with Crippen molar-refractivity contribution in [1.29, 1.82) is 0 Å². The minimum Gasteiger partial charge on any atom is -0.438 e.